The second-order valence-electron chi connectivity index (χ2n) is 7.97. The van der Waals surface area contributed by atoms with Crippen molar-refractivity contribution in [3.05, 3.63) is 72.1 Å². The Balaban J connectivity index is 1.42. The van der Waals surface area contributed by atoms with Crippen LogP contribution in [0.1, 0.15) is 54.5 Å². The fourth-order valence-corrected chi connectivity index (χ4v) is 4.04. The second-order valence-corrected chi connectivity index (χ2v) is 7.97. The van der Waals surface area contributed by atoms with Gasteiger partial charge in [-0.2, -0.15) is 4.98 Å². The average molecular weight is 426 g/mol. The number of nitrogens with zero attached hydrogens (tertiary/aromatic N) is 5. The van der Waals surface area contributed by atoms with E-state index in [2.05, 4.69) is 44.4 Å². The molecule has 0 aliphatic heterocycles. The van der Waals surface area contributed by atoms with Crippen molar-refractivity contribution in [3.8, 4) is 22.6 Å². The Bertz CT molecular complexity index is 1240. The number of anilines is 1. The number of nitrogen functional groups attached to an aromatic ring is 1. The first-order valence-corrected chi connectivity index (χ1v) is 10.6. The molecule has 1 fully saturated rings. The van der Waals surface area contributed by atoms with Crippen molar-refractivity contribution in [2.24, 2.45) is 0 Å². The summed E-state index contributed by atoms with van der Waals surface area (Å²) in [4.78, 5) is 28.9. The van der Waals surface area contributed by atoms with Crippen LogP contribution in [0.2, 0.25) is 0 Å². The van der Waals surface area contributed by atoms with Crippen molar-refractivity contribution in [1.82, 2.24) is 25.1 Å². The second kappa shape index (κ2) is 7.96. The minimum atomic E-state index is -0.260. The number of rotatable bonds is 6. The monoisotopic (exact) mass is 426 g/mol. The highest BCUT2D eigenvalue weighted by Crippen LogP contribution is 2.48. The predicted molar refractivity (Wildman–Crippen MR) is 119 cm³/mol. The van der Waals surface area contributed by atoms with E-state index in [0.29, 0.717) is 29.4 Å². The third kappa shape index (κ3) is 3.43. The Hall–Kier alpha value is -3.94. The number of ketones is 1. The minimum absolute atomic E-state index is 0.00479. The third-order valence-electron chi connectivity index (χ3n) is 6.12. The molecule has 8 heteroatoms. The Kier molecular flexibility index (Phi) is 4.97. The van der Waals surface area contributed by atoms with Crippen molar-refractivity contribution < 1.29 is 9.32 Å². The van der Waals surface area contributed by atoms with Crippen LogP contribution in [0.25, 0.3) is 22.6 Å². The molecule has 3 aromatic heterocycles. The average Bonchev–Trinajstić information content (AvgIpc) is 3.29. The van der Waals surface area contributed by atoms with Gasteiger partial charge in [0.05, 0.1) is 11.0 Å². The van der Waals surface area contributed by atoms with Crippen LogP contribution in [-0.4, -0.2) is 30.9 Å². The minimum Gasteiger partial charge on any atom is -0.368 e. The van der Waals surface area contributed by atoms with E-state index < -0.39 is 0 Å². The lowest BCUT2D eigenvalue weighted by Crippen LogP contribution is -2.36. The first kappa shape index (κ1) is 20.0. The predicted octanol–water partition coefficient (Wildman–Crippen LogP) is 4.23. The molecule has 1 saturated carbocycles. The summed E-state index contributed by atoms with van der Waals surface area (Å²) in [6.07, 6.45) is 8.48. The Morgan fingerprint density at radius 1 is 0.969 bits per heavy atom. The van der Waals surface area contributed by atoms with Crippen molar-refractivity contribution in [3.63, 3.8) is 0 Å². The molecule has 1 aliphatic rings. The van der Waals surface area contributed by atoms with Crippen LogP contribution >= 0.6 is 0 Å². The fourth-order valence-electron chi connectivity index (χ4n) is 4.04. The zero-order valence-corrected chi connectivity index (χ0v) is 17.7. The molecule has 0 saturated heterocycles. The van der Waals surface area contributed by atoms with Gasteiger partial charge in [0.25, 0.3) is 5.89 Å². The molecule has 4 aromatic rings. The molecule has 0 bridgehead atoms. The fraction of sp³-hybridized carbons (Fsp3) is 0.250. The number of Topliss-reactive ketones (excluding diaryl/α,β-unsaturated/α-hetero) is 1. The molecule has 0 radical (unpaired) electrons. The number of benzene rings is 1. The lowest BCUT2D eigenvalue weighted by atomic mass is 9.64. The van der Waals surface area contributed by atoms with Crippen LogP contribution in [0, 0.1) is 0 Å². The van der Waals surface area contributed by atoms with Crippen molar-refractivity contribution in [1.29, 1.82) is 0 Å². The maximum Gasteiger partial charge on any atom is 0.259 e. The summed E-state index contributed by atoms with van der Waals surface area (Å²) in [5.74, 6) is 1.35. The van der Waals surface area contributed by atoms with Crippen LogP contribution in [0.4, 0.5) is 5.95 Å². The van der Waals surface area contributed by atoms with Crippen LogP contribution in [0.15, 0.2) is 59.5 Å². The molecule has 0 atom stereocenters. The first-order chi connectivity index (χ1) is 15.6. The summed E-state index contributed by atoms with van der Waals surface area (Å²) >= 11 is 0. The van der Waals surface area contributed by atoms with E-state index in [9.17, 15) is 4.79 Å². The normalized spacial score (nSPS) is 14.7. The molecule has 160 valence electrons. The lowest BCUT2D eigenvalue weighted by Gasteiger charge is -2.39. The standard InChI is InChI=1S/C24H22N6O2/c1-2-20(31)19-9-6-16(12-26-19)21-29-22(30-32-21)24(10-3-11-24)18-7-4-15(5-8-18)17-13-27-23(25)28-14-17/h4-9,12-14H,2-3,10-11H2,1H3,(H2,25,27,28). The number of carbonyl (C=O) groups is 1. The van der Waals surface area contributed by atoms with E-state index in [4.69, 9.17) is 15.2 Å². The molecule has 32 heavy (non-hydrogen) atoms. The van der Waals surface area contributed by atoms with E-state index in [1.54, 1.807) is 30.7 Å². The van der Waals surface area contributed by atoms with E-state index in [-0.39, 0.29) is 17.1 Å². The van der Waals surface area contributed by atoms with Gasteiger partial charge in [0.1, 0.15) is 5.69 Å². The van der Waals surface area contributed by atoms with Gasteiger partial charge >= 0.3 is 0 Å². The molecule has 5 rings (SSSR count). The van der Waals surface area contributed by atoms with Crippen LogP contribution < -0.4 is 5.73 Å². The van der Waals surface area contributed by atoms with Gasteiger partial charge in [0.2, 0.25) is 5.95 Å². The summed E-state index contributed by atoms with van der Waals surface area (Å²) in [5.41, 5.74) is 9.54. The van der Waals surface area contributed by atoms with Gasteiger partial charge < -0.3 is 10.3 Å². The maximum absolute atomic E-state index is 11.8. The molecule has 1 aromatic carbocycles. The Morgan fingerprint density at radius 3 is 2.25 bits per heavy atom. The van der Waals surface area contributed by atoms with Crippen molar-refractivity contribution >= 4 is 11.7 Å². The van der Waals surface area contributed by atoms with E-state index in [1.165, 1.54) is 0 Å². The lowest BCUT2D eigenvalue weighted by molar-refractivity contribution is 0.0983. The maximum atomic E-state index is 11.8. The smallest absolute Gasteiger partial charge is 0.259 e. The number of carbonyl (C=O) groups excluding carboxylic acids is 1. The summed E-state index contributed by atoms with van der Waals surface area (Å²) in [5, 5.41) is 4.31. The zero-order valence-electron chi connectivity index (χ0n) is 17.7. The quantitative estimate of drug-likeness (QED) is 0.455. The summed E-state index contributed by atoms with van der Waals surface area (Å²) in [6, 6.07) is 11.8. The molecule has 8 nitrogen and oxygen atoms in total. The number of nitrogens with two attached hydrogens (primary N) is 1. The van der Waals surface area contributed by atoms with E-state index in [0.717, 1.165) is 36.0 Å². The van der Waals surface area contributed by atoms with E-state index >= 15 is 0 Å². The topological polar surface area (TPSA) is 121 Å². The highest BCUT2D eigenvalue weighted by Gasteiger charge is 2.44. The number of hydrogen-bond acceptors (Lipinski definition) is 8. The third-order valence-corrected chi connectivity index (χ3v) is 6.12. The summed E-state index contributed by atoms with van der Waals surface area (Å²) < 4.78 is 5.57. The molecule has 0 amide bonds. The summed E-state index contributed by atoms with van der Waals surface area (Å²) in [6.45, 7) is 1.82. The zero-order chi connectivity index (χ0) is 22.1. The highest BCUT2D eigenvalue weighted by molar-refractivity contribution is 5.94. The largest absolute Gasteiger partial charge is 0.368 e. The van der Waals surface area contributed by atoms with Gasteiger partial charge in [-0.25, -0.2) is 9.97 Å². The number of aromatic nitrogens is 5. The van der Waals surface area contributed by atoms with Crippen LogP contribution in [-0.2, 0) is 5.41 Å². The van der Waals surface area contributed by atoms with Gasteiger partial charge in [-0.15, -0.1) is 0 Å². The molecule has 0 unspecified atom stereocenters. The van der Waals surface area contributed by atoms with Crippen LogP contribution in [0.3, 0.4) is 0 Å². The molecule has 0 spiro atoms. The van der Waals surface area contributed by atoms with Gasteiger partial charge in [0.15, 0.2) is 11.6 Å². The van der Waals surface area contributed by atoms with Gasteiger partial charge in [-0.3, -0.25) is 9.78 Å². The van der Waals surface area contributed by atoms with Crippen molar-refractivity contribution in [2.45, 2.75) is 38.0 Å². The van der Waals surface area contributed by atoms with Gasteiger partial charge in [0, 0.05) is 30.6 Å². The van der Waals surface area contributed by atoms with E-state index in [1.807, 2.05) is 6.92 Å². The SMILES string of the molecule is CCC(=O)c1ccc(-c2nc(C3(c4ccc(-c5cnc(N)nc5)cc4)CCC3)no2)cn1. The summed E-state index contributed by atoms with van der Waals surface area (Å²) in [7, 11) is 0. The number of pyridine rings is 1. The van der Waals surface area contributed by atoms with Crippen LogP contribution in [0.5, 0.6) is 0 Å². The Labute approximate surface area is 184 Å². The molecular weight excluding hydrogens is 404 g/mol. The van der Waals surface area contributed by atoms with Crippen molar-refractivity contribution in [2.75, 3.05) is 5.73 Å². The Morgan fingerprint density at radius 2 is 1.66 bits per heavy atom. The van der Waals surface area contributed by atoms with Gasteiger partial charge in [-0.1, -0.05) is 42.8 Å². The van der Waals surface area contributed by atoms with Gasteiger partial charge in [-0.05, 0) is 36.1 Å². The molecule has 1 aliphatic carbocycles. The first-order valence-electron chi connectivity index (χ1n) is 10.6. The highest BCUT2D eigenvalue weighted by atomic mass is 16.5. The number of hydrogen-bond donors (Lipinski definition) is 1. The molecular formula is C24H22N6O2. The molecule has 2 N–H and O–H groups in total. The molecule has 3 heterocycles.